The lowest BCUT2D eigenvalue weighted by atomic mass is 9.95. The molecule has 3 N–H and O–H groups in total. The Labute approximate surface area is 172 Å². The largest absolute Gasteiger partial charge is 0.492 e. The van der Waals surface area contributed by atoms with Crippen molar-refractivity contribution < 1.29 is 9.53 Å². The fourth-order valence-corrected chi connectivity index (χ4v) is 3.66. The number of para-hydroxylation sites is 2. The third-order valence-electron chi connectivity index (χ3n) is 4.13. The predicted octanol–water partition coefficient (Wildman–Crippen LogP) is 4.28. The number of anilines is 1. The lowest BCUT2D eigenvalue weighted by Crippen LogP contribution is -2.45. The monoisotopic (exact) mass is 445 g/mol. The highest BCUT2D eigenvalue weighted by molar-refractivity contribution is 9.10. The van der Waals surface area contributed by atoms with Crippen LogP contribution in [-0.4, -0.2) is 17.6 Å². The van der Waals surface area contributed by atoms with Crippen LogP contribution in [0, 0.1) is 0 Å². The normalized spacial score (nSPS) is 16.4. The smallest absolute Gasteiger partial charge is 0.255 e. The summed E-state index contributed by atoms with van der Waals surface area (Å²) in [4.78, 5) is 13.2. The number of rotatable bonds is 5. The number of carbonyl (C=O) groups excluding carboxylic acids is 1. The van der Waals surface area contributed by atoms with Crippen molar-refractivity contribution in [1.29, 1.82) is 0 Å². The molecule has 1 aliphatic heterocycles. The minimum atomic E-state index is -0.351. The minimum Gasteiger partial charge on any atom is -0.492 e. The average molecular weight is 446 g/mol. The van der Waals surface area contributed by atoms with Gasteiger partial charge in [0, 0.05) is 10.2 Å². The first-order valence-corrected chi connectivity index (χ1v) is 9.76. The van der Waals surface area contributed by atoms with E-state index in [9.17, 15) is 4.79 Å². The van der Waals surface area contributed by atoms with Crippen LogP contribution >= 0.6 is 28.1 Å². The van der Waals surface area contributed by atoms with Gasteiger partial charge < -0.3 is 20.7 Å². The van der Waals surface area contributed by atoms with Crippen LogP contribution in [0.25, 0.3) is 0 Å². The Morgan fingerprint density at radius 1 is 1.26 bits per heavy atom. The van der Waals surface area contributed by atoms with Crippen molar-refractivity contribution in [2.75, 3.05) is 11.9 Å². The third-order valence-corrected chi connectivity index (χ3v) is 4.84. The number of hydrogen-bond donors (Lipinski definition) is 3. The van der Waals surface area contributed by atoms with E-state index in [1.54, 1.807) is 0 Å². The summed E-state index contributed by atoms with van der Waals surface area (Å²) in [5.41, 5.74) is 2.87. The van der Waals surface area contributed by atoms with Crippen LogP contribution < -0.4 is 20.7 Å². The molecule has 2 aromatic carbocycles. The molecule has 5 nitrogen and oxygen atoms in total. The molecule has 0 fully saturated rings. The standard InChI is InChI=1S/C20H20BrN3O2S/c1-3-26-16-10-5-4-9-15(16)23-19(25)17-12(2)22-20(27)24-18(17)13-7-6-8-14(21)11-13/h4-11,18H,3H2,1-2H3,(H,23,25)(H2,22,24,27)/t18-/m1/s1. The van der Waals surface area contributed by atoms with Gasteiger partial charge in [0.25, 0.3) is 5.91 Å². The van der Waals surface area contributed by atoms with Crippen molar-refractivity contribution in [3.63, 3.8) is 0 Å². The Kier molecular flexibility index (Phi) is 6.13. The number of allylic oxidation sites excluding steroid dienone is 1. The summed E-state index contributed by atoms with van der Waals surface area (Å²) in [5.74, 6) is 0.421. The molecule has 1 atom stereocenters. The molecule has 0 unspecified atom stereocenters. The lowest BCUT2D eigenvalue weighted by molar-refractivity contribution is -0.113. The van der Waals surface area contributed by atoms with Gasteiger partial charge in [0.1, 0.15) is 5.75 Å². The van der Waals surface area contributed by atoms with Gasteiger partial charge >= 0.3 is 0 Å². The van der Waals surface area contributed by atoms with Gasteiger partial charge in [-0.2, -0.15) is 0 Å². The van der Waals surface area contributed by atoms with Crippen LogP contribution in [-0.2, 0) is 4.79 Å². The summed E-state index contributed by atoms with van der Waals surface area (Å²) in [5, 5.41) is 9.70. The quantitative estimate of drug-likeness (QED) is 0.599. The van der Waals surface area contributed by atoms with Crippen LogP contribution in [0.2, 0.25) is 0 Å². The highest BCUT2D eigenvalue weighted by Crippen LogP contribution is 2.31. The zero-order chi connectivity index (χ0) is 19.4. The molecule has 2 aromatic rings. The number of benzene rings is 2. The second-order valence-electron chi connectivity index (χ2n) is 6.01. The summed E-state index contributed by atoms with van der Waals surface area (Å²) in [6.07, 6.45) is 0. The van der Waals surface area contributed by atoms with E-state index in [1.165, 1.54) is 0 Å². The Morgan fingerprint density at radius 3 is 2.78 bits per heavy atom. The maximum Gasteiger partial charge on any atom is 0.255 e. The van der Waals surface area contributed by atoms with E-state index in [0.717, 1.165) is 15.7 Å². The second kappa shape index (κ2) is 8.54. The molecule has 0 spiro atoms. The van der Waals surface area contributed by atoms with Crippen LogP contribution in [0.5, 0.6) is 5.75 Å². The number of halogens is 1. The summed E-state index contributed by atoms with van der Waals surface area (Å²) in [6.45, 7) is 4.28. The van der Waals surface area contributed by atoms with Gasteiger partial charge in [-0.15, -0.1) is 0 Å². The second-order valence-corrected chi connectivity index (χ2v) is 7.33. The van der Waals surface area contributed by atoms with Gasteiger partial charge in [0.15, 0.2) is 5.11 Å². The van der Waals surface area contributed by atoms with Crippen molar-refractivity contribution >= 4 is 44.9 Å². The van der Waals surface area contributed by atoms with E-state index in [4.69, 9.17) is 17.0 Å². The zero-order valence-electron chi connectivity index (χ0n) is 15.0. The van der Waals surface area contributed by atoms with Crippen molar-refractivity contribution in [1.82, 2.24) is 10.6 Å². The molecule has 0 bridgehead atoms. The first-order chi connectivity index (χ1) is 13.0. The average Bonchev–Trinajstić information content (AvgIpc) is 2.63. The van der Waals surface area contributed by atoms with E-state index in [0.29, 0.717) is 28.7 Å². The number of carbonyl (C=O) groups is 1. The summed E-state index contributed by atoms with van der Waals surface area (Å²) < 4.78 is 6.54. The number of nitrogens with one attached hydrogen (secondary N) is 3. The molecule has 1 amide bonds. The molecule has 0 aromatic heterocycles. The maximum absolute atomic E-state index is 13.2. The van der Waals surface area contributed by atoms with Gasteiger partial charge in [-0.1, -0.05) is 40.2 Å². The van der Waals surface area contributed by atoms with Gasteiger partial charge in [0.05, 0.1) is 23.9 Å². The van der Waals surface area contributed by atoms with E-state index in [2.05, 4.69) is 31.9 Å². The molecule has 0 radical (unpaired) electrons. The van der Waals surface area contributed by atoms with Crippen LogP contribution in [0.15, 0.2) is 64.3 Å². The van der Waals surface area contributed by atoms with E-state index in [-0.39, 0.29) is 11.9 Å². The molecule has 27 heavy (non-hydrogen) atoms. The van der Waals surface area contributed by atoms with Crippen LogP contribution in [0.1, 0.15) is 25.5 Å². The number of amides is 1. The van der Waals surface area contributed by atoms with Crippen LogP contribution in [0.4, 0.5) is 5.69 Å². The number of thiocarbonyl (C=S) groups is 1. The number of ether oxygens (including phenoxy) is 1. The molecule has 0 aliphatic carbocycles. The molecular formula is C20H20BrN3O2S. The molecule has 7 heteroatoms. The molecule has 1 aliphatic rings. The van der Waals surface area contributed by atoms with Crippen molar-refractivity contribution in [2.45, 2.75) is 19.9 Å². The van der Waals surface area contributed by atoms with Crippen molar-refractivity contribution in [2.24, 2.45) is 0 Å². The van der Waals surface area contributed by atoms with E-state index < -0.39 is 0 Å². The first-order valence-electron chi connectivity index (χ1n) is 8.56. The first kappa shape index (κ1) is 19.4. The third kappa shape index (κ3) is 4.48. The minimum absolute atomic E-state index is 0.216. The SMILES string of the molecule is CCOc1ccccc1NC(=O)C1=C(C)NC(=S)N[C@@H]1c1cccc(Br)c1. The molecule has 140 valence electrons. The Hall–Kier alpha value is -2.38. The summed E-state index contributed by atoms with van der Waals surface area (Å²) >= 11 is 8.78. The Morgan fingerprint density at radius 2 is 2.04 bits per heavy atom. The topological polar surface area (TPSA) is 62.4 Å². The van der Waals surface area contributed by atoms with Gasteiger partial charge in [-0.25, -0.2) is 0 Å². The van der Waals surface area contributed by atoms with Gasteiger partial charge in [-0.05, 0) is 55.9 Å². The highest BCUT2D eigenvalue weighted by atomic mass is 79.9. The molecular weight excluding hydrogens is 426 g/mol. The maximum atomic E-state index is 13.2. The molecule has 0 saturated carbocycles. The Bertz CT molecular complexity index is 914. The highest BCUT2D eigenvalue weighted by Gasteiger charge is 2.30. The fraction of sp³-hybridized carbons (Fsp3) is 0.200. The van der Waals surface area contributed by atoms with Gasteiger partial charge in [-0.3, -0.25) is 4.79 Å². The van der Waals surface area contributed by atoms with E-state index in [1.807, 2.05) is 62.4 Å². The molecule has 1 heterocycles. The molecule has 3 rings (SSSR count). The Balaban J connectivity index is 1.95. The summed E-state index contributed by atoms with van der Waals surface area (Å²) in [7, 11) is 0. The van der Waals surface area contributed by atoms with E-state index >= 15 is 0 Å². The molecule has 0 saturated heterocycles. The van der Waals surface area contributed by atoms with Crippen molar-refractivity contribution in [3.05, 3.63) is 69.8 Å². The zero-order valence-corrected chi connectivity index (χ0v) is 17.4. The van der Waals surface area contributed by atoms with Gasteiger partial charge in [0.2, 0.25) is 0 Å². The van der Waals surface area contributed by atoms with Crippen LogP contribution in [0.3, 0.4) is 0 Å². The lowest BCUT2D eigenvalue weighted by Gasteiger charge is -2.30. The predicted molar refractivity (Wildman–Crippen MR) is 115 cm³/mol. The number of hydrogen-bond acceptors (Lipinski definition) is 3. The summed E-state index contributed by atoms with van der Waals surface area (Å²) in [6, 6.07) is 14.8. The van der Waals surface area contributed by atoms with Crippen molar-refractivity contribution in [3.8, 4) is 5.75 Å². The fourth-order valence-electron chi connectivity index (χ4n) is 2.97.